The fourth-order valence-corrected chi connectivity index (χ4v) is 1.73. The molecule has 1 atom stereocenters. The van der Waals surface area contributed by atoms with Crippen LogP contribution in [0.25, 0.3) is 0 Å². The molecule has 1 rings (SSSR count). The highest BCUT2D eigenvalue weighted by Crippen LogP contribution is 1.95. The van der Waals surface area contributed by atoms with Crippen molar-refractivity contribution in [3.63, 3.8) is 0 Å². The lowest BCUT2D eigenvalue weighted by molar-refractivity contribution is -0.133. The largest absolute Gasteiger partial charge is 0.377 e. The maximum Gasteiger partial charge on any atom is 0.239 e. The first-order valence-corrected chi connectivity index (χ1v) is 7.07. The van der Waals surface area contributed by atoms with Gasteiger partial charge in [0.1, 0.15) is 0 Å². The van der Waals surface area contributed by atoms with Crippen LogP contribution in [0.4, 0.5) is 0 Å². The molecule has 1 saturated heterocycles. The second-order valence-electron chi connectivity index (χ2n) is 4.56. The summed E-state index contributed by atoms with van der Waals surface area (Å²) in [6, 6.07) is -0.510. The third-order valence-electron chi connectivity index (χ3n) is 2.83. The fourth-order valence-electron chi connectivity index (χ4n) is 1.73. The molecule has 0 spiro atoms. The first kappa shape index (κ1) is 17.3. The van der Waals surface area contributed by atoms with Crippen LogP contribution in [0.2, 0.25) is 0 Å². The van der Waals surface area contributed by atoms with Gasteiger partial charge in [0.05, 0.1) is 58.9 Å². The van der Waals surface area contributed by atoms with Crippen molar-refractivity contribution >= 4 is 5.91 Å². The van der Waals surface area contributed by atoms with E-state index >= 15 is 0 Å². The molecule has 0 saturated carbocycles. The zero-order valence-corrected chi connectivity index (χ0v) is 12.2. The third kappa shape index (κ3) is 7.76. The Hall–Kier alpha value is -0.730. The van der Waals surface area contributed by atoms with Crippen molar-refractivity contribution in [2.45, 2.75) is 13.0 Å². The summed E-state index contributed by atoms with van der Waals surface area (Å²) in [6.45, 7) is 6.84. The van der Waals surface area contributed by atoms with E-state index in [9.17, 15) is 4.79 Å². The molecule has 7 nitrogen and oxygen atoms in total. The number of nitrogens with two attached hydrogens (primary N) is 1. The molecule has 0 aromatic heterocycles. The predicted octanol–water partition coefficient (Wildman–Crippen LogP) is -0.758. The molecule has 0 aromatic rings. The number of hydrogen-bond acceptors (Lipinski definition) is 6. The molecule has 7 heteroatoms. The van der Waals surface area contributed by atoms with Gasteiger partial charge in [0.15, 0.2) is 0 Å². The standard InChI is InChI=1S/C13H26N2O5/c1-12(14)13(16)15-2-4-17-6-8-19-10-11-20-9-7-18-5-3-15/h12H,2-11,14H2,1H3. The van der Waals surface area contributed by atoms with Crippen LogP contribution in [-0.2, 0) is 23.7 Å². The zero-order valence-electron chi connectivity index (χ0n) is 12.2. The highest BCUT2D eigenvalue weighted by molar-refractivity contribution is 5.81. The van der Waals surface area contributed by atoms with Gasteiger partial charge in [-0.05, 0) is 6.92 Å². The number of amides is 1. The molecule has 1 aliphatic rings. The van der Waals surface area contributed by atoms with Gasteiger partial charge in [0.25, 0.3) is 0 Å². The van der Waals surface area contributed by atoms with E-state index in [4.69, 9.17) is 24.7 Å². The summed E-state index contributed by atoms with van der Waals surface area (Å²) in [7, 11) is 0. The van der Waals surface area contributed by atoms with Crippen LogP contribution < -0.4 is 5.73 Å². The molecule has 0 bridgehead atoms. The SMILES string of the molecule is CC(N)C(=O)N1CCOCCOCCOCCOCC1. The van der Waals surface area contributed by atoms with Gasteiger partial charge in [-0.15, -0.1) is 0 Å². The minimum absolute atomic E-state index is 0.0889. The Balaban J connectivity index is 2.38. The maximum absolute atomic E-state index is 11.9. The maximum atomic E-state index is 11.9. The lowest BCUT2D eigenvalue weighted by Crippen LogP contribution is -2.45. The number of hydrogen-bond donors (Lipinski definition) is 1. The molecular formula is C13H26N2O5. The Morgan fingerprint density at radius 3 is 1.55 bits per heavy atom. The van der Waals surface area contributed by atoms with Gasteiger partial charge >= 0.3 is 0 Å². The van der Waals surface area contributed by atoms with Gasteiger partial charge in [0.2, 0.25) is 5.91 Å². The van der Waals surface area contributed by atoms with E-state index in [2.05, 4.69) is 0 Å². The van der Waals surface area contributed by atoms with Gasteiger partial charge < -0.3 is 29.6 Å². The Bertz CT molecular complexity index is 247. The van der Waals surface area contributed by atoms with E-state index < -0.39 is 6.04 Å². The highest BCUT2D eigenvalue weighted by atomic mass is 16.6. The third-order valence-corrected chi connectivity index (χ3v) is 2.83. The van der Waals surface area contributed by atoms with Gasteiger partial charge in [0, 0.05) is 13.1 Å². The first-order chi connectivity index (χ1) is 9.72. The number of nitrogens with zero attached hydrogens (tertiary/aromatic N) is 1. The number of ether oxygens (including phenoxy) is 4. The van der Waals surface area contributed by atoms with Crippen molar-refractivity contribution in [3.05, 3.63) is 0 Å². The van der Waals surface area contributed by atoms with Crippen LogP contribution in [0.3, 0.4) is 0 Å². The van der Waals surface area contributed by atoms with Crippen LogP contribution >= 0.6 is 0 Å². The molecule has 0 aliphatic carbocycles. The average Bonchev–Trinajstić information content (AvgIpc) is 2.44. The molecule has 118 valence electrons. The van der Waals surface area contributed by atoms with Crippen LogP contribution in [0, 0.1) is 0 Å². The summed E-state index contributed by atoms with van der Waals surface area (Å²) in [4.78, 5) is 13.6. The van der Waals surface area contributed by atoms with E-state index in [1.165, 1.54) is 0 Å². The van der Waals surface area contributed by atoms with Crippen LogP contribution in [-0.4, -0.2) is 82.8 Å². The van der Waals surface area contributed by atoms with Gasteiger partial charge in [-0.1, -0.05) is 0 Å². The zero-order chi connectivity index (χ0) is 14.6. The second-order valence-corrected chi connectivity index (χ2v) is 4.56. The molecule has 1 amide bonds. The number of carbonyl (C=O) groups is 1. The molecule has 1 fully saturated rings. The van der Waals surface area contributed by atoms with Gasteiger partial charge in [-0.3, -0.25) is 4.79 Å². The quantitative estimate of drug-likeness (QED) is 0.683. The molecule has 1 heterocycles. The summed E-state index contributed by atoms with van der Waals surface area (Å²) in [6.07, 6.45) is 0. The topological polar surface area (TPSA) is 83.3 Å². The van der Waals surface area contributed by atoms with E-state index in [0.717, 1.165) is 0 Å². The lowest BCUT2D eigenvalue weighted by Gasteiger charge is -2.24. The second kappa shape index (κ2) is 11.0. The monoisotopic (exact) mass is 290 g/mol. The molecule has 0 aromatic carbocycles. The summed E-state index contributed by atoms with van der Waals surface area (Å²) < 4.78 is 21.5. The average molecular weight is 290 g/mol. The van der Waals surface area contributed by atoms with Gasteiger partial charge in [-0.2, -0.15) is 0 Å². The van der Waals surface area contributed by atoms with E-state index in [-0.39, 0.29) is 5.91 Å². The molecule has 1 aliphatic heterocycles. The van der Waals surface area contributed by atoms with Crippen molar-refractivity contribution in [2.75, 3.05) is 65.9 Å². The van der Waals surface area contributed by atoms with Crippen molar-refractivity contribution in [3.8, 4) is 0 Å². The van der Waals surface area contributed by atoms with Gasteiger partial charge in [-0.25, -0.2) is 0 Å². The van der Waals surface area contributed by atoms with Crippen molar-refractivity contribution in [1.29, 1.82) is 0 Å². The smallest absolute Gasteiger partial charge is 0.239 e. The summed E-state index contributed by atoms with van der Waals surface area (Å²) in [5.41, 5.74) is 5.64. The minimum Gasteiger partial charge on any atom is -0.377 e. The van der Waals surface area contributed by atoms with Crippen LogP contribution in [0.15, 0.2) is 0 Å². The molecule has 2 N–H and O–H groups in total. The predicted molar refractivity (Wildman–Crippen MR) is 73.5 cm³/mol. The summed E-state index contributed by atoms with van der Waals surface area (Å²) in [5, 5.41) is 0. The van der Waals surface area contributed by atoms with Crippen LogP contribution in [0.5, 0.6) is 0 Å². The Kier molecular flexibility index (Phi) is 9.52. The molecule has 1 unspecified atom stereocenters. The molecule has 0 radical (unpaired) electrons. The fraction of sp³-hybridized carbons (Fsp3) is 0.923. The molecular weight excluding hydrogens is 264 g/mol. The van der Waals surface area contributed by atoms with Crippen molar-refractivity contribution in [2.24, 2.45) is 5.73 Å². The minimum atomic E-state index is -0.510. The first-order valence-electron chi connectivity index (χ1n) is 7.07. The normalized spacial score (nSPS) is 22.6. The Labute approximate surface area is 120 Å². The van der Waals surface area contributed by atoms with Crippen molar-refractivity contribution < 1.29 is 23.7 Å². The number of carbonyl (C=O) groups excluding carboxylic acids is 1. The van der Waals surface area contributed by atoms with E-state index in [1.807, 2.05) is 0 Å². The molecule has 20 heavy (non-hydrogen) atoms. The number of rotatable bonds is 1. The lowest BCUT2D eigenvalue weighted by atomic mass is 10.3. The highest BCUT2D eigenvalue weighted by Gasteiger charge is 2.16. The summed E-state index contributed by atoms with van der Waals surface area (Å²) >= 11 is 0. The van der Waals surface area contributed by atoms with Crippen molar-refractivity contribution in [1.82, 2.24) is 4.90 Å². The van der Waals surface area contributed by atoms with E-state index in [1.54, 1.807) is 11.8 Å². The Morgan fingerprint density at radius 2 is 1.20 bits per heavy atom. The van der Waals surface area contributed by atoms with Crippen LogP contribution in [0.1, 0.15) is 6.92 Å². The summed E-state index contributed by atoms with van der Waals surface area (Å²) in [5.74, 6) is -0.0889. The Morgan fingerprint density at radius 1 is 0.850 bits per heavy atom. The van der Waals surface area contributed by atoms with E-state index in [0.29, 0.717) is 65.9 Å².